The lowest BCUT2D eigenvalue weighted by atomic mass is 10.0. The molecule has 1 aromatic heterocycles. The van der Waals surface area contributed by atoms with Crippen LogP contribution >= 0.6 is 38.9 Å². The average Bonchev–Trinajstić information content (AvgIpc) is 2.68. The third kappa shape index (κ3) is 2.97. The first-order valence-electron chi connectivity index (χ1n) is 5.08. The van der Waals surface area contributed by atoms with Gasteiger partial charge in [-0.3, -0.25) is 4.79 Å². The molecule has 0 bridgehead atoms. The molecule has 0 amide bonds. The second-order valence-corrected chi connectivity index (χ2v) is 5.87. The molecule has 2 rings (SSSR count). The maximum Gasteiger partial charge on any atom is 0.168 e. The van der Waals surface area contributed by atoms with Gasteiger partial charge in [0.05, 0.1) is 0 Å². The zero-order valence-corrected chi connectivity index (χ0v) is 12.3. The Morgan fingerprint density at radius 3 is 2.76 bits per heavy atom. The summed E-state index contributed by atoms with van der Waals surface area (Å²) in [6.07, 6.45) is 0.351. The molecule has 0 spiro atoms. The van der Waals surface area contributed by atoms with E-state index in [4.69, 9.17) is 11.6 Å². The third-order valence-corrected chi connectivity index (χ3v) is 4.23. The van der Waals surface area contributed by atoms with Crippen LogP contribution in [0.15, 0.2) is 33.4 Å². The molecule has 0 atom stereocenters. The van der Waals surface area contributed by atoms with E-state index in [1.165, 1.54) is 0 Å². The lowest BCUT2D eigenvalue weighted by Crippen LogP contribution is -2.04. The molecule has 0 saturated carbocycles. The van der Waals surface area contributed by atoms with Crippen LogP contribution in [0.2, 0.25) is 5.02 Å². The van der Waals surface area contributed by atoms with Gasteiger partial charge in [-0.15, -0.1) is 0 Å². The highest BCUT2D eigenvalue weighted by atomic mass is 79.9. The van der Waals surface area contributed by atoms with Crippen LogP contribution in [0.1, 0.15) is 21.5 Å². The van der Waals surface area contributed by atoms with E-state index in [9.17, 15) is 4.79 Å². The first-order chi connectivity index (χ1) is 8.08. The first kappa shape index (κ1) is 12.8. The second kappa shape index (κ2) is 5.34. The number of halogens is 2. The fourth-order valence-electron chi connectivity index (χ4n) is 1.58. The Kier molecular flexibility index (Phi) is 4.02. The molecular weight excluding hydrogens is 320 g/mol. The van der Waals surface area contributed by atoms with E-state index in [0.717, 1.165) is 21.2 Å². The molecule has 0 saturated heterocycles. The van der Waals surface area contributed by atoms with E-state index in [2.05, 4.69) is 15.9 Å². The predicted octanol–water partition coefficient (Wildman–Crippen LogP) is 4.90. The van der Waals surface area contributed by atoms with Crippen molar-refractivity contribution < 1.29 is 4.79 Å². The zero-order chi connectivity index (χ0) is 12.4. The number of carbonyl (C=O) groups is 1. The van der Waals surface area contributed by atoms with Crippen molar-refractivity contribution in [3.63, 3.8) is 0 Å². The molecule has 1 heterocycles. The Labute approximate surface area is 118 Å². The summed E-state index contributed by atoms with van der Waals surface area (Å²) in [4.78, 5) is 12.1. The lowest BCUT2D eigenvalue weighted by Gasteiger charge is -2.04. The largest absolute Gasteiger partial charge is 0.294 e. The van der Waals surface area contributed by atoms with Gasteiger partial charge >= 0.3 is 0 Å². The standard InChI is InChI=1S/C13H10BrClOS/c1-8-6-17-7-11(8)13(16)4-9-2-3-10(14)5-12(9)15/h2-3,5-7H,4H2,1H3. The molecular formula is C13H10BrClOS. The van der Waals surface area contributed by atoms with Gasteiger partial charge in [0.1, 0.15) is 0 Å². The molecule has 0 radical (unpaired) electrons. The smallest absolute Gasteiger partial charge is 0.168 e. The fraction of sp³-hybridized carbons (Fsp3) is 0.154. The first-order valence-corrected chi connectivity index (χ1v) is 7.19. The molecule has 0 unspecified atom stereocenters. The number of carbonyl (C=O) groups excluding carboxylic acids is 1. The molecule has 0 aliphatic rings. The van der Waals surface area contributed by atoms with E-state index in [1.54, 1.807) is 11.3 Å². The van der Waals surface area contributed by atoms with Gasteiger partial charge in [0.25, 0.3) is 0 Å². The summed E-state index contributed by atoms with van der Waals surface area (Å²) >= 11 is 11.0. The van der Waals surface area contributed by atoms with Gasteiger partial charge in [0, 0.05) is 26.9 Å². The van der Waals surface area contributed by atoms with Crippen LogP contribution in [0.4, 0.5) is 0 Å². The summed E-state index contributed by atoms with van der Waals surface area (Å²) < 4.78 is 0.922. The number of rotatable bonds is 3. The normalized spacial score (nSPS) is 10.5. The Morgan fingerprint density at radius 1 is 1.41 bits per heavy atom. The van der Waals surface area contributed by atoms with Crippen LogP contribution in [0, 0.1) is 6.92 Å². The molecule has 1 aromatic carbocycles. The van der Waals surface area contributed by atoms with Crippen molar-refractivity contribution in [3.8, 4) is 0 Å². The van der Waals surface area contributed by atoms with Crippen LogP contribution in [0.5, 0.6) is 0 Å². The van der Waals surface area contributed by atoms with E-state index >= 15 is 0 Å². The summed E-state index contributed by atoms with van der Waals surface area (Å²) in [5.41, 5.74) is 2.70. The Hall–Kier alpha value is -0.640. The third-order valence-electron chi connectivity index (χ3n) is 2.52. The number of hydrogen-bond donors (Lipinski definition) is 0. The SMILES string of the molecule is Cc1cscc1C(=O)Cc1ccc(Br)cc1Cl. The minimum atomic E-state index is 0.118. The Bertz CT molecular complexity index is 562. The number of Topliss-reactive ketones (excluding diaryl/α,β-unsaturated/α-hetero) is 1. The van der Waals surface area contributed by atoms with E-state index < -0.39 is 0 Å². The van der Waals surface area contributed by atoms with Gasteiger partial charge in [0.15, 0.2) is 5.78 Å². The highest BCUT2D eigenvalue weighted by Crippen LogP contribution is 2.24. The lowest BCUT2D eigenvalue weighted by molar-refractivity contribution is 0.0993. The van der Waals surface area contributed by atoms with Gasteiger partial charge in [-0.05, 0) is 35.6 Å². The van der Waals surface area contributed by atoms with Gasteiger partial charge in [-0.1, -0.05) is 33.6 Å². The number of ketones is 1. The predicted molar refractivity (Wildman–Crippen MR) is 76.2 cm³/mol. The Balaban J connectivity index is 2.22. The van der Waals surface area contributed by atoms with Gasteiger partial charge in [-0.25, -0.2) is 0 Å². The average molecular weight is 330 g/mol. The number of aryl methyl sites for hydroxylation is 1. The Morgan fingerprint density at radius 2 is 2.18 bits per heavy atom. The summed E-state index contributed by atoms with van der Waals surface area (Å²) in [5, 5.41) is 4.50. The van der Waals surface area contributed by atoms with Crippen molar-refractivity contribution in [1.29, 1.82) is 0 Å². The minimum absolute atomic E-state index is 0.118. The summed E-state index contributed by atoms with van der Waals surface area (Å²) in [7, 11) is 0. The van der Waals surface area contributed by atoms with Gasteiger partial charge in [0.2, 0.25) is 0 Å². The van der Waals surface area contributed by atoms with Crippen molar-refractivity contribution in [2.45, 2.75) is 13.3 Å². The van der Waals surface area contributed by atoms with Crippen LogP contribution in [-0.2, 0) is 6.42 Å². The minimum Gasteiger partial charge on any atom is -0.294 e. The van der Waals surface area contributed by atoms with Crippen LogP contribution in [0.3, 0.4) is 0 Å². The van der Waals surface area contributed by atoms with Crippen molar-refractivity contribution in [3.05, 3.63) is 55.1 Å². The number of hydrogen-bond acceptors (Lipinski definition) is 2. The molecule has 4 heteroatoms. The molecule has 0 fully saturated rings. The van der Waals surface area contributed by atoms with Crippen molar-refractivity contribution in [2.24, 2.45) is 0 Å². The van der Waals surface area contributed by atoms with Gasteiger partial charge in [-0.2, -0.15) is 11.3 Å². The second-order valence-electron chi connectivity index (χ2n) is 3.80. The quantitative estimate of drug-likeness (QED) is 0.732. The van der Waals surface area contributed by atoms with Crippen LogP contribution in [-0.4, -0.2) is 5.78 Å². The van der Waals surface area contributed by atoms with E-state index in [1.807, 2.05) is 35.9 Å². The van der Waals surface area contributed by atoms with Crippen molar-refractivity contribution in [1.82, 2.24) is 0 Å². The zero-order valence-electron chi connectivity index (χ0n) is 9.17. The van der Waals surface area contributed by atoms with Crippen molar-refractivity contribution >= 4 is 44.7 Å². The summed E-state index contributed by atoms with van der Waals surface area (Å²) in [6, 6.07) is 5.59. The molecule has 0 N–H and O–H groups in total. The molecule has 1 nitrogen and oxygen atoms in total. The fourth-order valence-corrected chi connectivity index (χ4v) is 3.17. The number of benzene rings is 1. The highest BCUT2D eigenvalue weighted by molar-refractivity contribution is 9.10. The van der Waals surface area contributed by atoms with E-state index in [0.29, 0.717) is 11.4 Å². The molecule has 88 valence electrons. The monoisotopic (exact) mass is 328 g/mol. The maximum atomic E-state index is 12.1. The van der Waals surface area contributed by atoms with E-state index in [-0.39, 0.29) is 5.78 Å². The molecule has 2 aromatic rings. The van der Waals surface area contributed by atoms with Crippen LogP contribution in [0.25, 0.3) is 0 Å². The summed E-state index contributed by atoms with van der Waals surface area (Å²) in [5.74, 6) is 0.118. The van der Waals surface area contributed by atoms with Gasteiger partial charge < -0.3 is 0 Å². The highest BCUT2D eigenvalue weighted by Gasteiger charge is 2.12. The summed E-state index contributed by atoms with van der Waals surface area (Å²) in [6.45, 7) is 1.95. The number of thiophene rings is 1. The van der Waals surface area contributed by atoms with Crippen molar-refractivity contribution in [2.75, 3.05) is 0 Å². The molecule has 0 aliphatic carbocycles. The van der Waals surface area contributed by atoms with Crippen LogP contribution < -0.4 is 0 Å². The molecule has 0 aliphatic heterocycles. The maximum absolute atomic E-state index is 12.1. The topological polar surface area (TPSA) is 17.1 Å². The molecule has 17 heavy (non-hydrogen) atoms.